The van der Waals surface area contributed by atoms with Crippen molar-refractivity contribution in [3.63, 3.8) is 0 Å². The maximum atomic E-state index is 11.9. The molecular formula is C13H15N3O3S. The Morgan fingerprint density at radius 1 is 1.55 bits per heavy atom. The molecule has 1 aliphatic rings. The molecule has 1 N–H and O–H groups in total. The van der Waals surface area contributed by atoms with Crippen molar-refractivity contribution in [2.24, 2.45) is 11.8 Å². The number of aliphatic carboxylic acids is 1. The SMILES string of the molecule is C[C@@H]1CN(Cc2cc(=O)n3ccsc3n2)C[C@H]1C(=O)O. The second kappa shape index (κ2) is 4.99. The van der Waals surface area contributed by atoms with Gasteiger partial charge in [-0.25, -0.2) is 4.98 Å². The van der Waals surface area contributed by atoms with E-state index in [9.17, 15) is 9.59 Å². The highest BCUT2D eigenvalue weighted by Crippen LogP contribution is 2.24. The van der Waals surface area contributed by atoms with Crippen LogP contribution in [-0.2, 0) is 11.3 Å². The van der Waals surface area contributed by atoms with Gasteiger partial charge in [-0.2, -0.15) is 0 Å². The predicted octanol–water partition coefficient (Wildman–Crippen LogP) is 0.909. The first-order valence-electron chi connectivity index (χ1n) is 6.45. The maximum Gasteiger partial charge on any atom is 0.308 e. The average Bonchev–Trinajstić information content (AvgIpc) is 2.96. The summed E-state index contributed by atoms with van der Waals surface area (Å²) in [6, 6.07) is 1.53. The Morgan fingerprint density at radius 2 is 2.35 bits per heavy atom. The van der Waals surface area contributed by atoms with E-state index in [2.05, 4.69) is 9.88 Å². The number of likely N-dealkylation sites (tertiary alicyclic amines) is 1. The van der Waals surface area contributed by atoms with Crippen molar-refractivity contribution >= 4 is 22.3 Å². The van der Waals surface area contributed by atoms with E-state index in [-0.39, 0.29) is 17.4 Å². The van der Waals surface area contributed by atoms with Gasteiger partial charge in [-0.1, -0.05) is 6.92 Å². The molecule has 0 saturated carbocycles. The fourth-order valence-corrected chi connectivity index (χ4v) is 3.45. The molecule has 20 heavy (non-hydrogen) atoms. The van der Waals surface area contributed by atoms with Crippen LogP contribution in [0.5, 0.6) is 0 Å². The Bertz CT molecular complexity index is 708. The van der Waals surface area contributed by atoms with Crippen molar-refractivity contribution in [2.75, 3.05) is 13.1 Å². The number of hydrogen-bond acceptors (Lipinski definition) is 5. The highest BCUT2D eigenvalue weighted by Gasteiger charge is 2.34. The van der Waals surface area contributed by atoms with Crippen LogP contribution < -0.4 is 5.56 Å². The predicted molar refractivity (Wildman–Crippen MR) is 74.9 cm³/mol. The molecule has 1 saturated heterocycles. The molecule has 0 amide bonds. The molecule has 3 heterocycles. The number of thiazole rings is 1. The van der Waals surface area contributed by atoms with Crippen LogP contribution in [-0.4, -0.2) is 38.4 Å². The summed E-state index contributed by atoms with van der Waals surface area (Å²) in [7, 11) is 0. The molecule has 6 nitrogen and oxygen atoms in total. The number of nitrogens with zero attached hydrogens (tertiary/aromatic N) is 3. The molecule has 2 aromatic rings. The Hall–Kier alpha value is -1.73. The van der Waals surface area contributed by atoms with Crippen LogP contribution in [0.25, 0.3) is 4.96 Å². The summed E-state index contributed by atoms with van der Waals surface area (Å²) >= 11 is 1.42. The normalized spacial score (nSPS) is 23.4. The first kappa shape index (κ1) is 13.3. The van der Waals surface area contributed by atoms with E-state index >= 15 is 0 Å². The summed E-state index contributed by atoms with van der Waals surface area (Å²) in [6.07, 6.45) is 1.71. The summed E-state index contributed by atoms with van der Waals surface area (Å²) < 4.78 is 1.51. The van der Waals surface area contributed by atoms with Crippen LogP contribution in [0.4, 0.5) is 0 Å². The van der Waals surface area contributed by atoms with Crippen LogP contribution in [0.15, 0.2) is 22.4 Å². The Labute approximate surface area is 119 Å². The quantitative estimate of drug-likeness (QED) is 0.910. The number of carboxylic acids is 1. The van der Waals surface area contributed by atoms with Gasteiger partial charge in [0.1, 0.15) is 0 Å². The van der Waals surface area contributed by atoms with Gasteiger partial charge in [-0.3, -0.25) is 18.9 Å². The number of carboxylic acid groups (broad SMARTS) is 1. The summed E-state index contributed by atoms with van der Waals surface area (Å²) in [4.78, 5) is 30.2. The minimum Gasteiger partial charge on any atom is -0.481 e. The number of rotatable bonds is 3. The third-order valence-corrected chi connectivity index (χ3v) is 4.50. The maximum absolute atomic E-state index is 11.9. The van der Waals surface area contributed by atoms with Crippen molar-refractivity contribution in [3.05, 3.63) is 33.7 Å². The van der Waals surface area contributed by atoms with Crippen LogP contribution in [0.2, 0.25) is 0 Å². The van der Waals surface area contributed by atoms with E-state index in [1.165, 1.54) is 21.8 Å². The van der Waals surface area contributed by atoms with E-state index in [1.807, 2.05) is 12.3 Å². The first-order chi connectivity index (χ1) is 9.54. The van der Waals surface area contributed by atoms with E-state index in [0.29, 0.717) is 23.7 Å². The Balaban J connectivity index is 1.80. The van der Waals surface area contributed by atoms with Crippen molar-refractivity contribution in [2.45, 2.75) is 13.5 Å². The lowest BCUT2D eigenvalue weighted by atomic mass is 9.99. The molecule has 1 aliphatic heterocycles. The van der Waals surface area contributed by atoms with Crippen molar-refractivity contribution in [1.29, 1.82) is 0 Å². The van der Waals surface area contributed by atoms with Crippen molar-refractivity contribution in [1.82, 2.24) is 14.3 Å². The summed E-state index contributed by atoms with van der Waals surface area (Å²) in [5.41, 5.74) is 0.615. The standard InChI is InChI=1S/C13H15N3O3S/c1-8-5-15(7-10(8)12(18)19)6-9-4-11(17)16-2-3-20-13(16)14-9/h2-4,8,10H,5-7H2,1H3,(H,18,19)/t8-,10-/m1/s1. The Morgan fingerprint density at radius 3 is 3.05 bits per heavy atom. The Kier molecular flexibility index (Phi) is 3.31. The summed E-state index contributed by atoms with van der Waals surface area (Å²) in [5.74, 6) is -0.956. The van der Waals surface area contributed by atoms with Gasteiger partial charge in [-0.15, -0.1) is 11.3 Å². The topological polar surface area (TPSA) is 74.9 Å². The average molecular weight is 293 g/mol. The van der Waals surface area contributed by atoms with E-state index in [4.69, 9.17) is 5.11 Å². The number of aromatic nitrogens is 2. The fourth-order valence-electron chi connectivity index (χ4n) is 2.72. The van der Waals surface area contributed by atoms with Gasteiger partial charge < -0.3 is 5.11 Å². The zero-order chi connectivity index (χ0) is 14.3. The fraction of sp³-hybridized carbons (Fsp3) is 0.462. The van der Waals surface area contributed by atoms with Gasteiger partial charge in [0, 0.05) is 37.3 Å². The summed E-state index contributed by atoms with van der Waals surface area (Å²) in [6.45, 7) is 3.71. The molecule has 0 unspecified atom stereocenters. The minimum absolute atomic E-state index is 0.0896. The van der Waals surface area contributed by atoms with Crippen LogP contribution in [0.3, 0.4) is 0 Å². The third kappa shape index (κ3) is 2.34. The van der Waals surface area contributed by atoms with Crippen LogP contribution in [0.1, 0.15) is 12.6 Å². The molecule has 106 valence electrons. The van der Waals surface area contributed by atoms with E-state index < -0.39 is 5.97 Å². The molecule has 0 radical (unpaired) electrons. The van der Waals surface area contributed by atoms with Gasteiger partial charge in [0.25, 0.3) is 5.56 Å². The smallest absolute Gasteiger partial charge is 0.308 e. The van der Waals surface area contributed by atoms with Gasteiger partial charge in [0.15, 0.2) is 4.96 Å². The lowest BCUT2D eigenvalue weighted by Crippen LogP contribution is -2.24. The minimum atomic E-state index is -0.748. The second-order valence-electron chi connectivity index (χ2n) is 5.26. The first-order valence-corrected chi connectivity index (χ1v) is 7.33. The zero-order valence-electron chi connectivity index (χ0n) is 11.0. The zero-order valence-corrected chi connectivity index (χ0v) is 11.8. The van der Waals surface area contributed by atoms with Gasteiger partial charge >= 0.3 is 5.97 Å². The van der Waals surface area contributed by atoms with Gasteiger partial charge in [-0.05, 0) is 5.92 Å². The molecule has 2 atom stereocenters. The van der Waals surface area contributed by atoms with Crippen molar-refractivity contribution < 1.29 is 9.90 Å². The lowest BCUT2D eigenvalue weighted by molar-refractivity contribution is -0.142. The van der Waals surface area contributed by atoms with Gasteiger partial charge in [0.05, 0.1) is 11.6 Å². The monoisotopic (exact) mass is 293 g/mol. The number of fused-ring (bicyclic) bond motifs is 1. The lowest BCUT2D eigenvalue weighted by Gasteiger charge is -2.14. The molecule has 3 rings (SSSR count). The highest BCUT2D eigenvalue weighted by atomic mass is 32.1. The molecule has 7 heteroatoms. The summed E-state index contributed by atoms with van der Waals surface area (Å²) in [5, 5.41) is 11.0. The third-order valence-electron chi connectivity index (χ3n) is 3.75. The molecular weight excluding hydrogens is 278 g/mol. The van der Waals surface area contributed by atoms with Crippen LogP contribution >= 0.6 is 11.3 Å². The molecule has 0 spiro atoms. The molecule has 1 fully saturated rings. The highest BCUT2D eigenvalue weighted by molar-refractivity contribution is 7.15. The molecule has 0 aromatic carbocycles. The largest absolute Gasteiger partial charge is 0.481 e. The van der Waals surface area contributed by atoms with Gasteiger partial charge in [0.2, 0.25) is 0 Å². The van der Waals surface area contributed by atoms with E-state index in [0.717, 1.165) is 6.54 Å². The number of carbonyl (C=O) groups is 1. The molecule has 2 aromatic heterocycles. The van der Waals surface area contributed by atoms with E-state index in [1.54, 1.807) is 6.20 Å². The number of hydrogen-bond donors (Lipinski definition) is 1. The van der Waals surface area contributed by atoms with Crippen LogP contribution in [0, 0.1) is 11.8 Å². The molecule has 0 bridgehead atoms. The van der Waals surface area contributed by atoms with Crippen molar-refractivity contribution in [3.8, 4) is 0 Å². The second-order valence-corrected chi connectivity index (χ2v) is 6.13. The molecule has 0 aliphatic carbocycles.